The molecule has 2 aliphatic rings. The SMILES string of the molecule is C=CC1=C(C=C)c2c(c(C(=O)N3CCOCC3)nn2-c2ccccc2)C(C)(C)S1. The number of carbonyl (C=O) groups excluding carboxylic acids is 1. The molecule has 4 rings (SSSR count). The molecule has 5 nitrogen and oxygen atoms in total. The number of hydrogen-bond acceptors (Lipinski definition) is 4. The normalized spacial score (nSPS) is 18.3. The third-order valence-electron chi connectivity index (χ3n) is 5.26. The minimum absolute atomic E-state index is 0.0432. The van der Waals surface area contributed by atoms with Crippen LogP contribution in [0.1, 0.15) is 35.6 Å². The Bertz CT molecular complexity index is 999. The number of allylic oxidation sites excluding steroid dienone is 3. The maximum absolute atomic E-state index is 13.5. The van der Waals surface area contributed by atoms with E-state index < -0.39 is 0 Å². The average Bonchev–Trinajstić information content (AvgIpc) is 3.16. The highest BCUT2D eigenvalue weighted by Gasteiger charge is 2.41. The van der Waals surface area contributed by atoms with Gasteiger partial charge in [-0.2, -0.15) is 5.10 Å². The standard InChI is InChI=1S/C23H25N3O2S/c1-5-17-18(6-2)29-23(3,4)19-20(22(27)25-12-14-28-15-13-25)24-26(21(17)19)16-10-8-7-9-11-16/h5-11H,1-2,12-15H2,3-4H3. The second-order valence-corrected chi connectivity index (χ2v) is 9.19. The Labute approximate surface area is 175 Å². The first-order valence-electron chi connectivity index (χ1n) is 9.72. The Morgan fingerprint density at radius 2 is 1.86 bits per heavy atom. The van der Waals surface area contributed by atoms with Crippen LogP contribution >= 0.6 is 11.8 Å². The van der Waals surface area contributed by atoms with Crippen molar-refractivity contribution in [2.45, 2.75) is 18.6 Å². The average molecular weight is 408 g/mol. The molecule has 1 amide bonds. The van der Waals surface area contributed by atoms with Gasteiger partial charge in [-0.1, -0.05) is 43.5 Å². The maximum Gasteiger partial charge on any atom is 0.274 e. The molecule has 0 saturated carbocycles. The Kier molecular flexibility index (Phi) is 5.23. The molecule has 3 heterocycles. The van der Waals surface area contributed by atoms with Gasteiger partial charge < -0.3 is 9.64 Å². The van der Waals surface area contributed by atoms with Gasteiger partial charge in [-0.15, -0.1) is 11.8 Å². The molecule has 0 spiro atoms. The van der Waals surface area contributed by atoms with E-state index in [0.29, 0.717) is 32.0 Å². The van der Waals surface area contributed by atoms with Crippen LogP contribution < -0.4 is 0 Å². The summed E-state index contributed by atoms with van der Waals surface area (Å²) in [6.45, 7) is 14.6. The van der Waals surface area contributed by atoms with Crippen molar-refractivity contribution in [3.63, 3.8) is 0 Å². The van der Waals surface area contributed by atoms with Crippen LogP contribution in [-0.4, -0.2) is 46.9 Å². The van der Waals surface area contributed by atoms with Gasteiger partial charge in [0, 0.05) is 33.9 Å². The van der Waals surface area contributed by atoms with Crippen LogP contribution in [0.25, 0.3) is 11.3 Å². The van der Waals surface area contributed by atoms with Crippen LogP contribution in [0.15, 0.2) is 60.5 Å². The van der Waals surface area contributed by atoms with Gasteiger partial charge in [0.05, 0.1) is 24.6 Å². The highest BCUT2D eigenvalue weighted by atomic mass is 32.2. The summed E-state index contributed by atoms with van der Waals surface area (Å²) in [5.74, 6) is -0.0432. The molecule has 6 heteroatoms. The molecule has 2 aliphatic heterocycles. The molecule has 1 fully saturated rings. The summed E-state index contributed by atoms with van der Waals surface area (Å²) in [6, 6.07) is 9.92. The summed E-state index contributed by atoms with van der Waals surface area (Å²) in [4.78, 5) is 16.4. The molecule has 0 aliphatic carbocycles. The zero-order chi connectivity index (χ0) is 20.6. The number of amides is 1. The molecular weight excluding hydrogens is 382 g/mol. The molecule has 29 heavy (non-hydrogen) atoms. The number of para-hydroxylation sites is 1. The van der Waals surface area contributed by atoms with E-state index in [-0.39, 0.29) is 10.7 Å². The number of hydrogen-bond donors (Lipinski definition) is 0. The van der Waals surface area contributed by atoms with E-state index in [1.54, 1.807) is 11.8 Å². The third-order valence-corrected chi connectivity index (χ3v) is 6.59. The van der Waals surface area contributed by atoms with Crippen molar-refractivity contribution in [2.75, 3.05) is 26.3 Å². The van der Waals surface area contributed by atoms with E-state index in [4.69, 9.17) is 9.84 Å². The first-order valence-corrected chi connectivity index (χ1v) is 10.5. The van der Waals surface area contributed by atoms with E-state index in [1.165, 1.54) is 0 Å². The highest BCUT2D eigenvalue weighted by molar-refractivity contribution is 8.04. The lowest BCUT2D eigenvalue weighted by Crippen LogP contribution is -2.41. The molecule has 1 saturated heterocycles. The lowest BCUT2D eigenvalue weighted by Gasteiger charge is -2.33. The summed E-state index contributed by atoms with van der Waals surface area (Å²) in [6.07, 6.45) is 3.69. The summed E-state index contributed by atoms with van der Waals surface area (Å²) in [7, 11) is 0. The first-order chi connectivity index (χ1) is 14.0. The Hall–Kier alpha value is -2.57. The molecule has 2 aromatic rings. The Balaban J connectivity index is 1.98. The zero-order valence-corrected chi connectivity index (χ0v) is 17.7. The number of aromatic nitrogens is 2. The van der Waals surface area contributed by atoms with Crippen molar-refractivity contribution in [1.82, 2.24) is 14.7 Å². The summed E-state index contributed by atoms with van der Waals surface area (Å²) in [5, 5.41) is 4.85. The molecule has 0 radical (unpaired) electrons. The third kappa shape index (κ3) is 3.36. The molecule has 0 unspecified atom stereocenters. The second kappa shape index (κ2) is 7.69. The van der Waals surface area contributed by atoms with E-state index in [9.17, 15) is 4.79 Å². The molecule has 0 bridgehead atoms. The first kappa shape index (κ1) is 19.7. The maximum atomic E-state index is 13.5. The molecule has 1 aromatic heterocycles. The van der Waals surface area contributed by atoms with Gasteiger partial charge in [0.2, 0.25) is 0 Å². The van der Waals surface area contributed by atoms with Gasteiger partial charge in [-0.3, -0.25) is 4.79 Å². The number of nitrogens with zero attached hydrogens (tertiary/aromatic N) is 3. The van der Waals surface area contributed by atoms with E-state index in [1.807, 2.05) is 52.1 Å². The minimum atomic E-state index is -0.338. The van der Waals surface area contributed by atoms with Crippen LogP contribution in [0.2, 0.25) is 0 Å². The number of rotatable bonds is 4. The van der Waals surface area contributed by atoms with Gasteiger partial charge in [0.15, 0.2) is 5.69 Å². The summed E-state index contributed by atoms with van der Waals surface area (Å²) in [5.41, 5.74) is 4.24. The van der Waals surface area contributed by atoms with Crippen molar-refractivity contribution in [2.24, 2.45) is 0 Å². The van der Waals surface area contributed by atoms with Crippen molar-refractivity contribution >= 4 is 23.2 Å². The highest BCUT2D eigenvalue weighted by Crippen LogP contribution is 2.52. The van der Waals surface area contributed by atoms with Crippen LogP contribution in [0.4, 0.5) is 0 Å². The number of morpholine rings is 1. The quantitative estimate of drug-likeness (QED) is 0.753. The smallest absolute Gasteiger partial charge is 0.274 e. The van der Waals surface area contributed by atoms with Crippen LogP contribution in [0, 0.1) is 0 Å². The Morgan fingerprint density at radius 3 is 2.48 bits per heavy atom. The summed E-state index contributed by atoms with van der Waals surface area (Å²) >= 11 is 1.69. The van der Waals surface area contributed by atoms with Crippen LogP contribution in [0.5, 0.6) is 0 Å². The van der Waals surface area contributed by atoms with Crippen molar-refractivity contribution in [3.05, 3.63) is 77.5 Å². The molecule has 150 valence electrons. The fourth-order valence-electron chi connectivity index (χ4n) is 3.91. The van der Waals surface area contributed by atoms with Gasteiger partial charge in [0.1, 0.15) is 0 Å². The van der Waals surface area contributed by atoms with Gasteiger partial charge in [-0.05, 0) is 26.0 Å². The molecule has 1 aromatic carbocycles. The predicted octanol–water partition coefficient (Wildman–Crippen LogP) is 4.41. The molecular formula is C23H25N3O2S. The fourth-order valence-corrected chi connectivity index (χ4v) is 5.12. The number of carbonyl (C=O) groups is 1. The van der Waals surface area contributed by atoms with Crippen LogP contribution in [-0.2, 0) is 9.48 Å². The fraction of sp³-hybridized carbons (Fsp3) is 0.304. The largest absolute Gasteiger partial charge is 0.378 e. The van der Waals surface area contributed by atoms with Gasteiger partial charge in [0.25, 0.3) is 5.91 Å². The Morgan fingerprint density at radius 1 is 1.17 bits per heavy atom. The molecule has 0 N–H and O–H groups in total. The lowest BCUT2D eigenvalue weighted by molar-refractivity contribution is 0.0297. The van der Waals surface area contributed by atoms with E-state index >= 15 is 0 Å². The second-order valence-electron chi connectivity index (χ2n) is 7.52. The number of ether oxygens (including phenoxy) is 1. The van der Waals surface area contributed by atoms with Crippen LogP contribution in [0.3, 0.4) is 0 Å². The zero-order valence-electron chi connectivity index (χ0n) is 16.9. The predicted molar refractivity (Wildman–Crippen MR) is 118 cm³/mol. The van der Waals surface area contributed by atoms with E-state index in [0.717, 1.165) is 27.4 Å². The lowest BCUT2D eigenvalue weighted by atomic mass is 9.93. The van der Waals surface area contributed by atoms with Crippen molar-refractivity contribution < 1.29 is 9.53 Å². The van der Waals surface area contributed by atoms with Crippen molar-refractivity contribution in [3.8, 4) is 5.69 Å². The topological polar surface area (TPSA) is 47.4 Å². The number of thioether (sulfide) groups is 1. The van der Waals surface area contributed by atoms with Gasteiger partial charge in [-0.25, -0.2) is 4.68 Å². The number of benzene rings is 1. The van der Waals surface area contributed by atoms with Gasteiger partial charge >= 0.3 is 0 Å². The minimum Gasteiger partial charge on any atom is -0.378 e. The number of fused-ring (bicyclic) bond motifs is 1. The van der Waals surface area contributed by atoms with Crippen molar-refractivity contribution in [1.29, 1.82) is 0 Å². The summed E-state index contributed by atoms with van der Waals surface area (Å²) < 4.78 is 6.96. The molecule has 0 atom stereocenters. The van der Waals surface area contributed by atoms with E-state index in [2.05, 4.69) is 27.0 Å². The monoisotopic (exact) mass is 407 g/mol.